The van der Waals surface area contributed by atoms with Crippen LogP contribution in [0.3, 0.4) is 0 Å². The highest BCUT2D eigenvalue weighted by molar-refractivity contribution is 9.10. The van der Waals surface area contributed by atoms with Crippen molar-refractivity contribution in [2.24, 2.45) is 5.92 Å². The SMILES string of the molecule is CC(C)CN(c1ccc(CNC(C)(C)C)cc1Br)C(C)C. The molecule has 0 saturated carbocycles. The third-order valence-electron chi connectivity index (χ3n) is 3.33. The van der Waals surface area contributed by atoms with Gasteiger partial charge in [-0.25, -0.2) is 0 Å². The molecule has 0 heterocycles. The van der Waals surface area contributed by atoms with Crippen molar-refractivity contribution in [1.29, 1.82) is 0 Å². The molecule has 1 N–H and O–H groups in total. The van der Waals surface area contributed by atoms with Crippen molar-refractivity contribution < 1.29 is 0 Å². The van der Waals surface area contributed by atoms with Crippen LogP contribution in [0.1, 0.15) is 54.0 Å². The van der Waals surface area contributed by atoms with Crippen molar-refractivity contribution in [3.05, 3.63) is 28.2 Å². The van der Waals surface area contributed by atoms with Crippen molar-refractivity contribution in [2.75, 3.05) is 11.4 Å². The Kier molecular flexibility index (Phi) is 6.73. The molecule has 0 aromatic heterocycles. The number of hydrogen-bond acceptors (Lipinski definition) is 2. The summed E-state index contributed by atoms with van der Waals surface area (Å²) in [5, 5.41) is 3.53. The zero-order chi connectivity index (χ0) is 16.2. The van der Waals surface area contributed by atoms with E-state index in [2.05, 4.69) is 92.8 Å². The Hall–Kier alpha value is -0.540. The lowest BCUT2D eigenvalue weighted by atomic mass is 10.1. The van der Waals surface area contributed by atoms with Crippen molar-refractivity contribution in [3.8, 4) is 0 Å². The molecule has 120 valence electrons. The molecule has 0 saturated heterocycles. The van der Waals surface area contributed by atoms with Crippen LogP contribution in [-0.4, -0.2) is 18.1 Å². The van der Waals surface area contributed by atoms with E-state index in [0.717, 1.165) is 13.1 Å². The molecule has 0 amide bonds. The minimum absolute atomic E-state index is 0.146. The van der Waals surface area contributed by atoms with Gasteiger partial charge in [0.25, 0.3) is 0 Å². The van der Waals surface area contributed by atoms with Crippen LogP contribution >= 0.6 is 15.9 Å². The van der Waals surface area contributed by atoms with Gasteiger partial charge in [-0.15, -0.1) is 0 Å². The average molecular weight is 355 g/mol. The molecule has 1 rings (SSSR count). The highest BCUT2D eigenvalue weighted by Crippen LogP contribution is 2.29. The molecule has 1 aromatic carbocycles. The minimum atomic E-state index is 0.146. The number of halogens is 1. The highest BCUT2D eigenvalue weighted by atomic mass is 79.9. The minimum Gasteiger partial charge on any atom is -0.368 e. The Morgan fingerprint density at radius 3 is 2.19 bits per heavy atom. The molecule has 0 bridgehead atoms. The smallest absolute Gasteiger partial charge is 0.0513 e. The molecule has 0 spiro atoms. The first-order valence-corrected chi connectivity index (χ1v) is 8.69. The molecule has 21 heavy (non-hydrogen) atoms. The normalized spacial score (nSPS) is 12.3. The molecule has 0 aliphatic carbocycles. The Balaban J connectivity index is 2.90. The summed E-state index contributed by atoms with van der Waals surface area (Å²) in [6, 6.07) is 7.21. The summed E-state index contributed by atoms with van der Waals surface area (Å²) < 4.78 is 1.19. The Bertz CT molecular complexity index is 447. The van der Waals surface area contributed by atoms with Crippen LogP contribution in [0.15, 0.2) is 22.7 Å². The van der Waals surface area contributed by atoms with Crippen LogP contribution in [0.25, 0.3) is 0 Å². The van der Waals surface area contributed by atoms with E-state index in [0.29, 0.717) is 12.0 Å². The molecule has 2 nitrogen and oxygen atoms in total. The van der Waals surface area contributed by atoms with Crippen LogP contribution in [0.4, 0.5) is 5.69 Å². The number of nitrogens with one attached hydrogen (secondary N) is 1. The fraction of sp³-hybridized carbons (Fsp3) is 0.667. The van der Waals surface area contributed by atoms with Gasteiger partial charge in [-0.1, -0.05) is 19.9 Å². The number of benzene rings is 1. The van der Waals surface area contributed by atoms with Gasteiger partial charge in [-0.3, -0.25) is 0 Å². The first-order chi connectivity index (χ1) is 9.60. The van der Waals surface area contributed by atoms with Crippen molar-refractivity contribution >= 4 is 21.6 Å². The Labute approximate surface area is 139 Å². The Morgan fingerprint density at radius 1 is 1.14 bits per heavy atom. The van der Waals surface area contributed by atoms with Gasteiger partial charge in [-0.05, 0) is 74.2 Å². The topological polar surface area (TPSA) is 15.3 Å². The van der Waals surface area contributed by atoms with Gasteiger partial charge in [-0.2, -0.15) is 0 Å². The van der Waals surface area contributed by atoms with Gasteiger partial charge in [0.1, 0.15) is 0 Å². The molecule has 0 radical (unpaired) electrons. The van der Waals surface area contributed by atoms with Gasteiger partial charge in [0.2, 0.25) is 0 Å². The molecule has 3 heteroatoms. The summed E-state index contributed by atoms with van der Waals surface area (Å²) in [5.74, 6) is 0.654. The van der Waals surface area contributed by atoms with E-state index >= 15 is 0 Å². The molecular formula is C18H31BrN2. The maximum absolute atomic E-state index is 3.76. The predicted molar refractivity (Wildman–Crippen MR) is 98.1 cm³/mol. The summed E-state index contributed by atoms with van der Waals surface area (Å²) in [4.78, 5) is 2.47. The van der Waals surface area contributed by atoms with E-state index in [1.54, 1.807) is 0 Å². The predicted octanol–water partition coefficient (Wildman–Crippen LogP) is 5.21. The summed E-state index contributed by atoms with van der Waals surface area (Å²) in [6.45, 7) is 17.6. The van der Waals surface area contributed by atoms with Crippen molar-refractivity contribution in [3.63, 3.8) is 0 Å². The second kappa shape index (κ2) is 7.64. The summed E-state index contributed by atoms with van der Waals surface area (Å²) >= 11 is 3.76. The number of hydrogen-bond donors (Lipinski definition) is 1. The van der Waals surface area contributed by atoms with E-state index in [1.165, 1.54) is 15.7 Å². The van der Waals surface area contributed by atoms with Crippen molar-refractivity contribution in [2.45, 2.75) is 66.6 Å². The summed E-state index contributed by atoms with van der Waals surface area (Å²) in [5.41, 5.74) is 2.75. The van der Waals surface area contributed by atoms with Gasteiger partial charge in [0, 0.05) is 29.1 Å². The molecular weight excluding hydrogens is 324 g/mol. The van der Waals surface area contributed by atoms with E-state index in [9.17, 15) is 0 Å². The molecule has 0 unspecified atom stereocenters. The number of anilines is 1. The van der Waals surface area contributed by atoms with E-state index < -0.39 is 0 Å². The lowest BCUT2D eigenvalue weighted by molar-refractivity contribution is 0.424. The zero-order valence-corrected chi connectivity index (χ0v) is 16.2. The third-order valence-corrected chi connectivity index (χ3v) is 3.96. The van der Waals surface area contributed by atoms with Crippen LogP contribution in [0.2, 0.25) is 0 Å². The standard InChI is InChI=1S/C18H31BrN2/c1-13(2)12-21(14(3)4)17-9-8-15(10-16(17)19)11-20-18(5,6)7/h8-10,13-14,20H,11-12H2,1-7H3. The Morgan fingerprint density at radius 2 is 1.76 bits per heavy atom. The number of nitrogens with zero attached hydrogens (tertiary/aromatic N) is 1. The first-order valence-electron chi connectivity index (χ1n) is 7.90. The van der Waals surface area contributed by atoms with Crippen LogP contribution in [0, 0.1) is 5.92 Å². The largest absolute Gasteiger partial charge is 0.368 e. The molecule has 0 aliphatic rings. The third kappa shape index (κ3) is 6.39. The van der Waals surface area contributed by atoms with E-state index in [1.807, 2.05) is 0 Å². The van der Waals surface area contributed by atoms with Crippen LogP contribution in [-0.2, 0) is 6.54 Å². The lowest BCUT2D eigenvalue weighted by Crippen LogP contribution is -2.35. The summed E-state index contributed by atoms with van der Waals surface area (Å²) in [6.07, 6.45) is 0. The van der Waals surface area contributed by atoms with Gasteiger partial charge in [0.15, 0.2) is 0 Å². The average Bonchev–Trinajstić information content (AvgIpc) is 2.33. The fourth-order valence-electron chi connectivity index (χ4n) is 2.24. The van der Waals surface area contributed by atoms with Gasteiger partial charge in [0.05, 0.1) is 5.69 Å². The maximum atomic E-state index is 3.76. The first kappa shape index (κ1) is 18.5. The second-order valence-electron chi connectivity index (χ2n) is 7.53. The fourth-order valence-corrected chi connectivity index (χ4v) is 2.90. The second-order valence-corrected chi connectivity index (χ2v) is 8.38. The van der Waals surface area contributed by atoms with Crippen molar-refractivity contribution in [1.82, 2.24) is 5.32 Å². The van der Waals surface area contributed by atoms with Gasteiger partial charge < -0.3 is 10.2 Å². The molecule has 0 atom stereocenters. The molecule has 1 aromatic rings. The molecule has 0 fully saturated rings. The quantitative estimate of drug-likeness (QED) is 0.754. The molecule has 0 aliphatic heterocycles. The maximum Gasteiger partial charge on any atom is 0.0513 e. The van der Waals surface area contributed by atoms with Gasteiger partial charge >= 0.3 is 0 Å². The summed E-state index contributed by atoms with van der Waals surface area (Å²) in [7, 11) is 0. The number of rotatable bonds is 6. The highest BCUT2D eigenvalue weighted by Gasteiger charge is 2.16. The van der Waals surface area contributed by atoms with E-state index in [4.69, 9.17) is 0 Å². The van der Waals surface area contributed by atoms with E-state index in [-0.39, 0.29) is 5.54 Å². The van der Waals surface area contributed by atoms with Crippen LogP contribution < -0.4 is 10.2 Å². The monoisotopic (exact) mass is 354 g/mol. The van der Waals surface area contributed by atoms with Crippen LogP contribution in [0.5, 0.6) is 0 Å². The zero-order valence-electron chi connectivity index (χ0n) is 14.6. The lowest BCUT2D eigenvalue weighted by Gasteiger charge is -2.32.